The average Bonchev–Trinajstić information content (AvgIpc) is 3.27. The van der Waals surface area contributed by atoms with Gasteiger partial charge < -0.3 is 14.8 Å². The number of aromatic nitrogens is 3. The van der Waals surface area contributed by atoms with Crippen LogP contribution in [0.5, 0.6) is 11.5 Å². The molecule has 1 saturated heterocycles. The molecule has 1 aromatic heterocycles. The van der Waals surface area contributed by atoms with E-state index in [4.69, 9.17) is 32.7 Å². The summed E-state index contributed by atoms with van der Waals surface area (Å²) in [7, 11) is 1.65. The van der Waals surface area contributed by atoms with Crippen molar-refractivity contribution in [2.45, 2.75) is 39.3 Å². The second-order valence-electron chi connectivity index (χ2n) is 11.3. The van der Waals surface area contributed by atoms with E-state index in [2.05, 4.69) is 48.1 Å². The fourth-order valence-corrected chi connectivity index (χ4v) is 6.25. The lowest BCUT2D eigenvalue weighted by Gasteiger charge is -2.22. The minimum absolute atomic E-state index is 0.0107. The molecule has 0 spiro atoms. The van der Waals surface area contributed by atoms with E-state index in [1.807, 2.05) is 31.2 Å². The summed E-state index contributed by atoms with van der Waals surface area (Å²) in [6.45, 7) is 7.05. The van der Waals surface area contributed by atoms with Crippen LogP contribution in [0.15, 0.2) is 54.6 Å². The standard InChI is InChI=1S/C33H36Cl2N6O3/c1-22-37-38-32-11-6-25-18-26(7-9-29(25)41(22)32)36-33(42)20-40-13-3-12-39(14-15-40)19-23-5-10-30(31(17-23)43-2)44-21-24-4-8-27(34)28(35)16-24/h4-5,7-10,16-18H,3,6,11-15,19-21H2,1-2H3,(H,36,42). The highest BCUT2D eigenvalue weighted by Crippen LogP contribution is 2.31. The second kappa shape index (κ2) is 13.6. The number of methoxy groups -OCH3 is 1. The van der Waals surface area contributed by atoms with E-state index in [9.17, 15) is 4.79 Å². The summed E-state index contributed by atoms with van der Waals surface area (Å²) < 4.78 is 13.8. The number of anilines is 1. The number of fused-ring (bicyclic) bond motifs is 3. The maximum Gasteiger partial charge on any atom is 0.238 e. The predicted octanol–water partition coefficient (Wildman–Crippen LogP) is 5.72. The van der Waals surface area contributed by atoms with Crippen molar-refractivity contribution in [1.29, 1.82) is 0 Å². The first-order valence-corrected chi connectivity index (χ1v) is 15.6. The van der Waals surface area contributed by atoms with Crippen molar-refractivity contribution in [3.05, 3.63) is 93.0 Å². The van der Waals surface area contributed by atoms with Gasteiger partial charge in [-0.2, -0.15) is 0 Å². The van der Waals surface area contributed by atoms with Gasteiger partial charge in [-0.25, -0.2) is 0 Å². The van der Waals surface area contributed by atoms with Crippen LogP contribution >= 0.6 is 23.2 Å². The lowest BCUT2D eigenvalue weighted by Crippen LogP contribution is -2.36. The van der Waals surface area contributed by atoms with E-state index in [0.29, 0.717) is 34.7 Å². The number of amides is 1. The van der Waals surface area contributed by atoms with Gasteiger partial charge in [0.25, 0.3) is 0 Å². The van der Waals surface area contributed by atoms with Crippen molar-refractivity contribution in [1.82, 2.24) is 24.6 Å². The highest BCUT2D eigenvalue weighted by Gasteiger charge is 2.21. The number of halogens is 2. The molecular formula is C33H36Cl2N6O3. The number of ether oxygens (including phenoxy) is 2. The van der Waals surface area contributed by atoms with Crippen LogP contribution < -0.4 is 14.8 Å². The summed E-state index contributed by atoms with van der Waals surface area (Å²) in [5.41, 5.74) is 5.21. The quantitative estimate of drug-likeness (QED) is 0.252. The number of nitrogens with one attached hydrogen (secondary N) is 1. The van der Waals surface area contributed by atoms with Gasteiger partial charge in [0.05, 0.1) is 29.4 Å². The zero-order chi connectivity index (χ0) is 30.6. The number of aryl methyl sites for hydroxylation is 3. The van der Waals surface area contributed by atoms with Crippen molar-refractivity contribution in [3.63, 3.8) is 0 Å². The average molecular weight is 636 g/mol. The zero-order valence-electron chi connectivity index (χ0n) is 25.0. The highest BCUT2D eigenvalue weighted by atomic mass is 35.5. The molecule has 9 nitrogen and oxygen atoms in total. The van der Waals surface area contributed by atoms with Crippen molar-refractivity contribution in [2.24, 2.45) is 0 Å². The maximum atomic E-state index is 13.0. The summed E-state index contributed by atoms with van der Waals surface area (Å²) >= 11 is 12.2. The summed E-state index contributed by atoms with van der Waals surface area (Å²) in [5.74, 6) is 3.25. The molecule has 0 aliphatic carbocycles. The number of nitrogens with zero attached hydrogens (tertiary/aromatic N) is 5. The first-order valence-electron chi connectivity index (χ1n) is 14.9. The molecule has 11 heteroatoms. The predicted molar refractivity (Wildman–Crippen MR) is 172 cm³/mol. The number of hydrogen-bond donors (Lipinski definition) is 1. The van der Waals surface area contributed by atoms with Gasteiger partial charge >= 0.3 is 0 Å². The van der Waals surface area contributed by atoms with Crippen LogP contribution in [0.3, 0.4) is 0 Å². The van der Waals surface area contributed by atoms with Gasteiger partial charge in [-0.1, -0.05) is 35.3 Å². The molecule has 3 heterocycles. The Bertz CT molecular complexity index is 1660. The molecule has 0 unspecified atom stereocenters. The van der Waals surface area contributed by atoms with E-state index in [-0.39, 0.29) is 5.91 Å². The Morgan fingerprint density at radius 2 is 1.70 bits per heavy atom. The molecule has 0 radical (unpaired) electrons. The van der Waals surface area contributed by atoms with Crippen molar-refractivity contribution < 1.29 is 14.3 Å². The molecular weight excluding hydrogens is 599 g/mol. The summed E-state index contributed by atoms with van der Waals surface area (Å²) in [6, 6.07) is 17.6. The maximum absolute atomic E-state index is 13.0. The molecule has 0 atom stereocenters. The molecule has 3 aromatic carbocycles. The Kier molecular flexibility index (Phi) is 9.37. The Morgan fingerprint density at radius 3 is 2.55 bits per heavy atom. The third-order valence-electron chi connectivity index (χ3n) is 8.17. The van der Waals surface area contributed by atoms with E-state index >= 15 is 0 Å². The Balaban J connectivity index is 0.998. The summed E-state index contributed by atoms with van der Waals surface area (Å²) in [4.78, 5) is 17.7. The number of hydrogen-bond acceptors (Lipinski definition) is 7. The molecule has 230 valence electrons. The third kappa shape index (κ3) is 7.02. The van der Waals surface area contributed by atoms with E-state index in [1.54, 1.807) is 19.2 Å². The smallest absolute Gasteiger partial charge is 0.238 e. The Hall–Kier alpha value is -3.63. The minimum atomic E-state index is 0.0107. The van der Waals surface area contributed by atoms with Crippen molar-refractivity contribution >= 4 is 34.8 Å². The molecule has 1 fully saturated rings. The van der Waals surface area contributed by atoms with Crippen LogP contribution in [0.2, 0.25) is 10.0 Å². The third-order valence-corrected chi connectivity index (χ3v) is 8.91. The molecule has 0 saturated carbocycles. The molecule has 1 N–H and O–H groups in total. The molecule has 6 rings (SSSR count). The van der Waals surface area contributed by atoms with Crippen LogP contribution in [0, 0.1) is 6.92 Å². The van der Waals surface area contributed by atoms with E-state index in [0.717, 1.165) is 86.1 Å². The zero-order valence-corrected chi connectivity index (χ0v) is 26.5. The lowest BCUT2D eigenvalue weighted by molar-refractivity contribution is -0.117. The van der Waals surface area contributed by atoms with Gasteiger partial charge in [0, 0.05) is 31.7 Å². The second-order valence-corrected chi connectivity index (χ2v) is 12.1. The molecule has 1 amide bonds. The molecule has 2 aliphatic heterocycles. The van der Waals surface area contributed by atoms with Gasteiger partial charge in [-0.05, 0) is 92.0 Å². The van der Waals surface area contributed by atoms with Crippen molar-refractivity contribution in [2.75, 3.05) is 45.2 Å². The molecule has 44 heavy (non-hydrogen) atoms. The van der Waals surface area contributed by atoms with Crippen LogP contribution in [0.1, 0.15) is 34.8 Å². The van der Waals surface area contributed by atoms with Crippen LogP contribution in [-0.2, 0) is 30.8 Å². The van der Waals surface area contributed by atoms with Gasteiger partial charge in [0.15, 0.2) is 11.5 Å². The number of carbonyl (C=O) groups is 1. The van der Waals surface area contributed by atoms with E-state index in [1.165, 1.54) is 5.56 Å². The van der Waals surface area contributed by atoms with Crippen molar-refractivity contribution in [3.8, 4) is 17.2 Å². The topological polar surface area (TPSA) is 84.8 Å². The summed E-state index contributed by atoms with van der Waals surface area (Å²) in [5, 5.41) is 12.6. The van der Waals surface area contributed by atoms with Crippen LogP contribution in [0.25, 0.3) is 5.69 Å². The first kappa shape index (κ1) is 30.4. The Morgan fingerprint density at radius 1 is 0.886 bits per heavy atom. The van der Waals surface area contributed by atoms with Crippen LogP contribution in [0.4, 0.5) is 5.69 Å². The molecule has 4 aromatic rings. The fraction of sp³-hybridized carbons (Fsp3) is 0.364. The van der Waals surface area contributed by atoms with Gasteiger partial charge in [-0.15, -0.1) is 10.2 Å². The minimum Gasteiger partial charge on any atom is -0.493 e. The number of rotatable bonds is 9. The largest absolute Gasteiger partial charge is 0.493 e. The first-order chi connectivity index (χ1) is 21.4. The van der Waals surface area contributed by atoms with Gasteiger partial charge in [0.2, 0.25) is 5.91 Å². The van der Waals surface area contributed by atoms with Gasteiger partial charge in [-0.3, -0.25) is 19.2 Å². The lowest BCUT2D eigenvalue weighted by atomic mass is 10.0. The molecule has 2 aliphatic rings. The highest BCUT2D eigenvalue weighted by molar-refractivity contribution is 6.42. The molecule has 0 bridgehead atoms. The Labute approximate surface area is 267 Å². The SMILES string of the molecule is COc1cc(CN2CCCN(CC(=O)Nc3ccc4c(c3)CCc3nnc(C)n3-4)CC2)ccc1OCc1ccc(Cl)c(Cl)c1. The summed E-state index contributed by atoms with van der Waals surface area (Å²) in [6.07, 6.45) is 2.73. The fourth-order valence-electron chi connectivity index (χ4n) is 5.93. The van der Waals surface area contributed by atoms with Crippen LogP contribution in [-0.4, -0.2) is 70.3 Å². The number of benzene rings is 3. The number of carbonyl (C=O) groups excluding carboxylic acids is 1. The van der Waals surface area contributed by atoms with Gasteiger partial charge in [0.1, 0.15) is 18.3 Å². The van der Waals surface area contributed by atoms with E-state index < -0.39 is 0 Å². The monoisotopic (exact) mass is 634 g/mol. The normalized spacial score (nSPS) is 15.3.